The second-order valence-electron chi connectivity index (χ2n) is 2.63. The van der Waals surface area contributed by atoms with Crippen LogP contribution in [0.2, 0.25) is 0 Å². The minimum Gasteiger partial charge on any atom is -0.480 e. The van der Waals surface area contributed by atoms with Crippen LogP contribution >= 0.6 is 0 Å². The molecule has 15 heavy (non-hydrogen) atoms. The van der Waals surface area contributed by atoms with E-state index in [4.69, 9.17) is 31.9 Å². The molecule has 0 aliphatic heterocycles. The largest absolute Gasteiger partial charge is 0.480 e. The van der Waals surface area contributed by atoms with E-state index in [9.17, 15) is 4.79 Å². The van der Waals surface area contributed by atoms with Crippen LogP contribution in [0.4, 0.5) is 0 Å². The molecule has 0 fully saturated rings. The van der Waals surface area contributed by atoms with Crippen molar-refractivity contribution in [2.24, 2.45) is 11.5 Å². The minimum atomic E-state index is -1.50. The number of carboxylic acids is 1. The van der Waals surface area contributed by atoms with Crippen LogP contribution in [-0.2, 0) is 4.79 Å². The molecule has 0 bridgehead atoms. The highest BCUT2D eigenvalue weighted by molar-refractivity contribution is 5.74. The molecular formula is C6H16N4O5. The van der Waals surface area contributed by atoms with Crippen LogP contribution in [0.25, 0.3) is 0 Å². The molecule has 0 aromatic heterocycles. The fourth-order valence-electron chi connectivity index (χ4n) is 0.652. The summed E-state index contributed by atoms with van der Waals surface area (Å²) in [6.45, 7) is 2.78. The fraction of sp³-hybridized carbons (Fsp3) is 0.833. The number of nitrogens with one attached hydrogen (secondary N) is 1. The zero-order valence-electron chi connectivity index (χ0n) is 8.29. The molecule has 0 radical (unpaired) electrons. The molecule has 0 aliphatic rings. The van der Waals surface area contributed by atoms with Crippen LogP contribution in [0.3, 0.4) is 0 Å². The zero-order valence-corrected chi connectivity index (χ0v) is 8.29. The Morgan fingerprint density at radius 3 is 2.33 bits per heavy atom. The number of rotatable bonds is 5. The molecular weight excluding hydrogens is 208 g/mol. The molecule has 0 saturated carbocycles. The van der Waals surface area contributed by atoms with Crippen LogP contribution in [0.5, 0.6) is 0 Å². The summed E-state index contributed by atoms with van der Waals surface area (Å²) < 4.78 is 0. The van der Waals surface area contributed by atoms with Gasteiger partial charge in [-0.2, -0.15) is 0 Å². The molecule has 2 atom stereocenters. The van der Waals surface area contributed by atoms with Crippen molar-refractivity contribution in [3.05, 3.63) is 10.1 Å². The van der Waals surface area contributed by atoms with E-state index in [2.05, 4.69) is 5.32 Å². The summed E-state index contributed by atoms with van der Waals surface area (Å²) in [5, 5.41) is 25.0. The number of nitrogens with zero attached hydrogens (tertiary/aromatic N) is 1. The summed E-state index contributed by atoms with van der Waals surface area (Å²) in [6, 6.07) is -1.10. The average molecular weight is 224 g/mol. The van der Waals surface area contributed by atoms with Gasteiger partial charge in [0.15, 0.2) is 0 Å². The van der Waals surface area contributed by atoms with E-state index in [0.717, 1.165) is 0 Å². The number of hydrogen-bond donors (Lipinski definition) is 5. The maximum atomic E-state index is 10.3. The first-order chi connectivity index (χ1) is 6.82. The molecule has 9 heteroatoms. The highest BCUT2D eigenvalue weighted by Crippen LogP contribution is 1.87. The van der Waals surface area contributed by atoms with E-state index in [1.807, 2.05) is 0 Å². The maximum Gasteiger partial charge on any atom is 0.322 e. The summed E-state index contributed by atoms with van der Waals surface area (Å²) in [6.07, 6.45) is 0. The first kappa shape index (κ1) is 16.0. The third-order valence-corrected chi connectivity index (χ3v) is 1.43. The van der Waals surface area contributed by atoms with E-state index < -0.39 is 17.1 Å². The first-order valence-corrected chi connectivity index (χ1v) is 4.08. The molecule has 9 nitrogen and oxygen atoms in total. The summed E-state index contributed by atoms with van der Waals surface area (Å²) in [4.78, 5) is 18.7. The number of nitrogens with two attached hydrogens (primary N) is 2. The Labute approximate surface area is 86.2 Å². The topological polar surface area (TPSA) is 165 Å². The Kier molecular flexibility index (Phi) is 9.73. The highest BCUT2D eigenvalue weighted by atomic mass is 16.9. The summed E-state index contributed by atoms with van der Waals surface area (Å²) in [5.41, 5.74) is 10.5. The third-order valence-electron chi connectivity index (χ3n) is 1.43. The quantitative estimate of drug-likeness (QED) is 0.264. The Bertz CT molecular complexity index is 196. The molecule has 2 unspecified atom stereocenters. The highest BCUT2D eigenvalue weighted by Gasteiger charge is 2.18. The van der Waals surface area contributed by atoms with E-state index in [1.165, 1.54) is 0 Å². The van der Waals surface area contributed by atoms with Gasteiger partial charge in [-0.25, -0.2) is 0 Å². The Morgan fingerprint density at radius 1 is 1.67 bits per heavy atom. The van der Waals surface area contributed by atoms with E-state index in [-0.39, 0.29) is 6.04 Å². The molecule has 0 aromatic carbocycles. The maximum absolute atomic E-state index is 10.3. The number of carbonyl (C=O) groups is 1. The Hall–Kier alpha value is -1.45. The summed E-state index contributed by atoms with van der Waals surface area (Å²) in [7, 11) is 0. The lowest BCUT2D eigenvalue weighted by Crippen LogP contribution is -2.49. The third kappa shape index (κ3) is 12.5. The summed E-state index contributed by atoms with van der Waals surface area (Å²) >= 11 is 0. The number of hydrogen-bond acceptors (Lipinski definition) is 6. The van der Waals surface area contributed by atoms with Gasteiger partial charge in [0.05, 0.1) is 0 Å². The smallest absolute Gasteiger partial charge is 0.322 e. The van der Waals surface area contributed by atoms with Crippen LogP contribution in [0.15, 0.2) is 0 Å². The van der Waals surface area contributed by atoms with Gasteiger partial charge in [0.2, 0.25) is 0 Å². The van der Waals surface area contributed by atoms with Crippen molar-refractivity contribution < 1.29 is 20.2 Å². The molecule has 0 spiro atoms. The van der Waals surface area contributed by atoms with Gasteiger partial charge in [0, 0.05) is 19.1 Å². The molecule has 0 rings (SSSR count). The minimum absolute atomic E-state index is 0.240. The van der Waals surface area contributed by atoms with Gasteiger partial charge >= 0.3 is 5.97 Å². The zero-order chi connectivity index (χ0) is 12.4. The fourth-order valence-corrected chi connectivity index (χ4v) is 0.652. The van der Waals surface area contributed by atoms with Crippen LogP contribution in [0.1, 0.15) is 6.92 Å². The van der Waals surface area contributed by atoms with E-state index in [1.54, 1.807) is 6.92 Å². The van der Waals surface area contributed by atoms with Crippen molar-refractivity contribution in [1.29, 1.82) is 0 Å². The van der Waals surface area contributed by atoms with Crippen LogP contribution in [-0.4, -0.2) is 46.5 Å². The van der Waals surface area contributed by atoms with Crippen LogP contribution < -0.4 is 16.8 Å². The van der Waals surface area contributed by atoms with Crippen molar-refractivity contribution in [1.82, 2.24) is 5.32 Å². The lowest BCUT2D eigenvalue weighted by molar-refractivity contribution is -0.742. The van der Waals surface area contributed by atoms with Gasteiger partial charge in [-0.05, 0) is 6.92 Å². The Balaban J connectivity index is 0. The van der Waals surface area contributed by atoms with Crippen molar-refractivity contribution in [2.45, 2.75) is 19.0 Å². The first-order valence-electron chi connectivity index (χ1n) is 4.08. The van der Waals surface area contributed by atoms with Gasteiger partial charge in [0.1, 0.15) is 6.04 Å². The number of aliphatic carboxylic acids is 1. The van der Waals surface area contributed by atoms with E-state index >= 15 is 0 Å². The molecule has 0 saturated heterocycles. The van der Waals surface area contributed by atoms with Crippen LogP contribution in [0, 0.1) is 10.1 Å². The SMILES string of the molecule is CC(NCCN)C(N)C(=O)O.O=[N+]([O-])O. The average Bonchev–Trinajstić information content (AvgIpc) is 2.11. The van der Waals surface area contributed by atoms with Gasteiger partial charge in [0.25, 0.3) is 5.09 Å². The van der Waals surface area contributed by atoms with Gasteiger partial charge in [-0.1, -0.05) is 0 Å². The molecule has 0 aliphatic carbocycles. The molecule has 0 amide bonds. The number of carboxylic acid groups (broad SMARTS) is 1. The van der Waals surface area contributed by atoms with Gasteiger partial charge < -0.3 is 27.1 Å². The lowest BCUT2D eigenvalue weighted by Gasteiger charge is -2.16. The van der Waals surface area contributed by atoms with Crippen molar-refractivity contribution in [2.75, 3.05) is 13.1 Å². The Morgan fingerprint density at radius 2 is 2.07 bits per heavy atom. The van der Waals surface area contributed by atoms with Crippen molar-refractivity contribution in [3.63, 3.8) is 0 Å². The predicted octanol–water partition coefficient (Wildman–Crippen LogP) is -2.01. The summed E-state index contributed by atoms with van der Waals surface area (Å²) in [5.74, 6) is -0.998. The molecule has 0 heterocycles. The second-order valence-corrected chi connectivity index (χ2v) is 2.63. The molecule has 90 valence electrons. The lowest BCUT2D eigenvalue weighted by atomic mass is 10.1. The van der Waals surface area contributed by atoms with Crippen molar-refractivity contribution in [3.8, 4) is 0 Å². The second kappa shape index (κ2) is 9.12. The standard InChI is InChI=1S/C6H15N3O2.HNO3/c1-4(9-3-2-7)5(8)6(10)11;2-1(3)4/h4-5,9H,2-3,7-8H2,1H3,(H,10,11);(H,2,3,4). The van der Waals surface area contributed by atoms with E-state index in [0.29, 0.717) is 13.1 Å². The monoisotopic (exact) mass is 224 g/mol. The molecule has 0 aromatic rings. The predicted molar refractivity (Wildman–Crippen MR) is 50.9 cm³/mol. The molecule has 7 N–H and O–H groups in total. The normalized spacial score (nSPS) is 13.3. The van der Waals surface area contributed by atoms with Gasteiger partial charge in [-0.3, -0.25) is 4.79 Å². The van der Waals surface area contributed by atoms with Gasteiger partial charge in [-0.15, -0.1) is 10.1 Å². The van der Waals surface area contributed by atoms with Crippen molar-refractivity contribution >= 4 is 5.97 Å².